The summed E-state index contributed by atoms with van der Waals surface area (Å²) >= 11 is 13.4. The summed E-state index contributed by atoms with van der Waals surface area (Å²) < 4.78 is 6.35. The van der Waals surface area contributed by atoms with Crippen molar-refractivity contribution >= 4 is 43.5 Å². The normalized spacial score (nSPS) is 12.3. The summed E-state index contributed by atoms with van der Waals surface area (Å²) in [5.41, 5.74) is 4.75. The second-order valence-electron chi connectivity index (χ2n) is 4.72. The van der Waals surface area contributed by atoms with Gasteiger partial charge in [-0.3, -0.25) is 0 Å². The molecule has 0 aromatic heterocycles. The lowest BCUT2D eigenvalue weighted by Gasteiger charge is -2.17. The van der Waals surface area contributed by atoms with Gasteiger partial charge in [-0.25, -0.2) is 0 Å². The molecule has 2 aromatic rings. The monoisotopic (exact) mass is 416 g/mol. The molecule has 0 heterocycles. The van der Waals surface area contributed by atoms with Gasteiger partial charge in [-0.15, -0.1) is 0 Å². The van der Waals surface area contributed by atoms with E-state index in [2.05, 4.69) is 63.9 Å². The van der Waals surface area contributed by atoms with E-state index in [1.54, 1.807) is 7.11 Å². The van der Waals surface area contributed by atoms with Crippen molar-refractivity contribution in [2.45, 2.75) is 18.7 Å². The van der Waals surface area contributed by atoms with E-state index < -0.39 is 0 Å². The molecule has 1 atom stereocenters. The van der Waals surface area contributed by atoms with Crippen molar-refractivity contribution in [2.24, 2.45) is 0 Å². The molecule has 1 unspecified atom stereocenters. The van der Waals surface area contributed by atoms with Crippen molar-refractivity contribution in [3.05, 3.63) is 62.1 Å². The summed E-state index contributed by atoms with van der Waals surface area (Å²) in [6.07, 6.45) is 0. The van der Waals surface area contributed by atoms with Gasteiger partial charge in [0.05, 0.1) is 16.4 Å². The fraction of sp³-hybridized carbons (Fsp3) is 0.250. The van der Waals surface area contributed by atoms with Crippen LogP contribution in [-0.4, -0.2) is 7.11 Å². The standard InChI is InChI=1S/C16H15Br2ClO/c1-9-4-5-11(6-10(9)2)15(18)13-7-12(19)8-14(17)16(13)20-3/h4-8,15H,1-3H3. The van der Waals surface area contributed by atoms with Crippen molar-refractivity contribution in [1.82, 2.24) is 0 Å². The number of hydrogen-bond donors (Lipinski definition) is 0. The van der Waals surface area contributed by atoms with Crippen molar-refractivity contribution in [1.29, 1.82) is 0 Å². The topological polar surface area (TPSA) is 9.23 Å². The number of benzene rings is 2. The largest absolute Gasteiger partial charge is 0.495 e. The fourth-order valence-electron chi connectivity index (χ4n) is 2.09. The molecule has 0 amide bonds. The molecule has 0 aliphatic rings. The highest BCUT2D eigenvalue weighted by atomic mass is 79.9. The molecule has 2 aromatic carbocycles. The van der Waals surface area contributed by atoms with Crippen LogP contribution in [0.3, 0.4) is 0 Å². The number of halogens is 3. The third-order valence-corrected chi connectivity index (χ3v) is 5.17. The molecule has 2 rings (SSSR count). The molecule has 0 spiro atoms. The zero-order valence-electron chi connectivity index (χ0n) is 11.5. The molecule has 0 N–H and O–H groups in total. The van der Waals surface area contributed by atoms with Gasteiger partial charge in [-0.2, -0.15) is 0 Å². The van der Waals surface area contributed by atoms with Crippen LogP contribution >= 0.6 is 43.5 Å². The first-order valence-corrected chi connectivity index (χ1v) is 8.27. The van der Waals surface area contributed by atoms with Gasteiger partial charge < -0.3 is 4.74 Å². The SMILES string of the molecule is COc1c(Br)cc(Cl)cc1C(Br)c1ccc(C)c(C)c1. The van der Waals surface area contributed by atoms with E-state index in [0.717, 1.165) is 15.8 Å². The van der Waals surface area contributed by atoms with Crippen molar-refractivity contribution in [3.8, 4) is 5.75 Å². The Balaban J connectivity index is 2.52. The van der Waals surface area contributed by atoms with E-state index in [0.29, 0.717) is 5.02 Å². The number of alkyl halides is 1. The van der Waals surface area contributed by atoms with Crippen LogP contribution in [0.4, 0.5) is 0 Å². The van der Waals surface area contributed by atoms with Crippen LogP contribution in [-0.2, 0) is 0 Å². The van der Waals surface area contributed by atoms with Crippen LogP contribution in [0.1, 0.15) is 27.1 Å². The quantitative estimate of drug-likeness (QED) is 0.538. The minimum atomic E-state index is 0.0340. The summed E-state index contributed by atoms with van der Waals surface area (Å²) in [7, 11) is 1.66. The minimum absolute atomic E-state index is 0.0340. The predicted molar refractivity (Wildman–Crippen MR) is 92.4 cm³/mol. The predicted octanol–water partition coefficient (Wildman–Crippen LogP) is 6.21. The second-order valence-corrected chi connectivity index (χ2v) is 6.92. The molecule has 0 saturated heterocycles. The zero-order chi connectivity index (χ0) is 14.9. The van der Waals surface area contributed by atoms with Crippen molar-refractivity contribution in [3.63, 3.8) is 0 Å². The van der Waals surface area contributed by atoms with E-state index in [1.165, 1.54) is 16.7 Å². The van der Waals surface area contributed by atoms with Gasteiger partial charge in [0.25, 0.3) is 0 Å². The first-order valence-electron chi connectivity index (χ1n) is 6.18. The van der Waals surface area contributed by atoms with Crippen LogP contribution < -0.4 is 4.74 Å². The van der Waals surface area contributed by atoms with E-state index in [4.69, 9.17) is 16.3 Å². The first kappa shape index (κ1) is 15.9. The Morgan fingerprint density at radius 3 is 2.40 bits per heavy atom. The number of ether oxygens (including phenoxy) is 1. The summed E-state index contributed by atoms with van der Waals surface area (Å²) in [5, 5.41) is 0.681. The van der Waals surface area contributed by atoms with Gasteiger partial charge in [0, 0.05) is 10.6 Å². The van der Waals surface area contributed by atoms with E-state index in [1.807, 2.05) is 12.1 Å². The summed E-state index contributed by atoms with van der Waals surface area (Å²) in [6, 6.07) is 10.2. The smallest absolute Gasteiger partial charge is 0.137 e. The maximum Gasteiger partial charge on any atom is 0.137 e. The zero-order valence-corrected chi connectivity index (χ0v) is 15.4. The van der Waals surface area contributed by atoms with E-state index in [9.17, 15) is 0 Å². The van der Waals surface area contributed by atoms with Crippen molar-refractivity contribution < 1.29 is 4.74 Å². The van der Waals surface area contributed by atoms with Gasteiger partial charge in [0.1, 0.15) is 5.75 Å². The lowest BCUT2D eigenvalue weighted by Crippen LogP contribution is -1.99. The van der Waals surface area contributed by atoms with Crippen LogP contribution in [0.2, 0.25) is 5.02 Å². The molecule has 4 heteroatoms. The minimum Gasteiger partial charge on any atom is -0.495 e. The van der Waals surface area contributed by atoms with Gasteiger partial charge in [-0.1, -0.05) is 45.7 Å². The molecule has 0 radical (unpaired) electrons. The summed E-state index contributed by atoms with van der Waals surface area (Å²) in [5.74, 6) is 0.800. The molecule has 0 aliphatic heterocycles. The Hall–Kier alpha value is -0.510. The van der Waals surface area contributed by atoms with Gasteiger partial charge >= 0.3 is 0 Å². The fourth-order valence-corrected chi connectivity index (χ4v) is 3.71. The lowest BCUT2D eigenvalue weighted by atomic mass is 10.00. The molecule has 0 saturated carbocycles. The number of rotatable bonds is 3. The van der Waals surface area contributed by atoms with Crippen molar-refractivity contribution in [2.75, 3.05) is 7.11 Å². The maximum atomic E-state index is 6.16. The second kappa shape index (κ2) is 6.50. The molecular formula is C16H15Br2ClO. The molecule has 1 nitrogen and oxygen atoms in total. The number of methoxy groups -OCH3 is 1. The Bertz CT molecular complexity index is 641. The Morgan fingerprint density at radius 2 is 1.80 bits per heavy atom. The summed E-state index contributed by atoms with van der Waals surface area (Å²) in [6.45, 7) is 4.22. The molecule has 0 bridgehead atoms. The highest BCUT2D eigenvalue weighted by molar-refractivity contribution is 9.10. The lowest BCUT2D eigenvalue weighted by molar-refractivity contribution is 0.408. The highest BCUT2D eigenvalue weighted by Gasteiger charge is 2.18. The molecule has 0 fully saturated rings. The molecule has 106 valence electrons. The van der Waals surface area contributed by atoms with Crippen LogP contribution in [0.5, 0.6) is 5.75 Å². The average Bonchev–Trinajstić information content (AvgIpc) is 2.40. The molecule has 20 heavy (non-hydrogen) atoms. The molecule has 0 aliphatic carbocycles. The number of hydrogen-bond acceptors (Lipinski definition) is 1. The van der Waals surface area contributed by atoms with Gasteiger partial charge in [0.15, 0.2) is 0 Å². The highest BCUT2D eigenvalue weighted by Crippen LogP contribution is 2.42. The van der Waals surface area contributed by atoms with Gasteiger partial charge in [-0.05, 0) is 58.6 Å². The maximum absolute atomic E-state index is 6.16. The third-order valence-electron chi connectivity index (χ3n) is 3.34. The third kappa shape index (κ3) is 3.21. The Kier molecular flexibility index (Phi) is 5.16. The van der Waals surface area contributed by atoms with Gasteiger partial charge in [0.2, 0.25) is 0 Å². The van der Waals surface area contributed by atoms with E-state index >= 15 is 0 Å². The van der Waals surface area contributed by atoms with Crippen LogP contribution in [0, 0.1) is 13.8 Å². The van der Waals surface area contributed by atoms with E-state index in [-0.39, 0.29) is 4.83 Å². The number of aryl methyl sites for hydroxylation is 2. The molecular weight excluding hydrogens is 403 g/mol. The summed E-state index contributed by atoms with van der Waals surface area (Å²) in [4.78, 5) is 0.0340. The van der Waals surface area contributed by atoms with Crippen LogP contribution in [0.15, 0.2) is 34.8 Å². The van der Waals surface area contributed by atoms with Crippen LogP contribution in [0.25, 0.3) is 0 Å². The average molecular weight is 419 g/mol. The Morgan fingerprint density at radius 1 is 1.10 bits per heavy atom. The Labute approximate surface area is 141 Å². The first-order chi connectivity index (χ1) is 9.43.